The molecule has 0 aromatic heterocycles. The van der Waals surface area contributed by atoms with E-state index in [1.165, 1.54) is 30.4 Å². The first-order chi connectivity index (χ1) is 4.12. The summed E-state index contributed by atoms with van der Waals surface area (Å²) in [7, 11) is 4.60. The molecule has 0 amide bonds. The molecule has 0 saturated carbocycles. The fourth-order valence-electron chi connectivity index (χ4n) is 1.32. The second kappa shape index (κ2) is 5.72. The van der Waals surface area contributed by atoms with Crippen LogP contribution in [0.1, 0.15) is 26.7 Å². The van der Waals surface area contributed by atoms with Gasteiger partial charge in [0.05, 0.1) is 27.2 Å². The minimum absolute atomic E-state index is 0. The summed E-state index contributed by atoms with van der Waals surface area (Å²) in [5.41, 5.74) is 0. The Bertz CT molecular complexity index is 59.1. The SMILES string of the molecule is CCC[N+](C)(C)CCC.[CH3-]. The molecule has 0 N–H and O–H groups in total. The van der Waals surface area contributed by atoms with Gasteiger partial charge in [-0.2, -0.15) is 0 Å². The largest absolute Gasteiger partial charge is 0.358 e. The Kier molecular flexibility index (Phi) is 7.22. The Hall–Kier alpha value is -0.0400. The van der Waals surface area contributed by atoms with E-state index in [2.05, 4.69) is 27.9 Å². The molecule has 0 aromatic carbocycles. The molecule has 0 spiro atoms. The van der Waals surface area contributed by atoms with Crippen molar-refractivity contribution in [1.82, 2.24) is 0 Å². The molecule has 0 rings (SSSR count). The minimum atomic E-state index is 0. The average molecular weight is 145 g/mol. The molecular weight excluding hydrogens is 122 g/mol. The topological polar surface area (TPSA) is 0 Å². The van der Waals surface area contributed by atoms with Crippen molar-refractivity contribution in [1.29, 1.82) is 0 Å². The second-order valence-corrected chi connectivity index (χ2v) is 3.38. The van der Waals surface area contributed by atoms with Gasteiger partial charge in [-0.05, 0) is 12.8 Å². The number of nitrogens with zero attached hydrogens (tertiary/aromatic N) is 1. The lowest BCUT2D eigenvalue weighted by Gasteiger charge is -2.28. The fraction of sp³-hybridized carbons (Fsp3) is 0.889. The molecule has 0 aliphatic rings. The van der Waals surface area contributed by atoms with Crippen LogP contribution in [0.5, 0.6) is 0 Å². The van der Waals surface area contributed by atoms with Gasteiger partial charge < -0.3 is 11.9 Å². The summed E-state index contributed by atoms with van der Waals surface area (Å²) < 4.78 is 1.19. The molecule has 1 nitrogen and oxygen atoms in total. The fourth-order valence-corrected chi connectivity index (χ4v) is 1.32. The van der Waals surface area contributed by atoms with Crippen molar-refractivity contribution < 1.29 is 4.48 Å². The Morgan fingerprint density at radius 2 is 1.20 bits per heavy atom. The molecule has 0 bridgehead atoms. The van der Waals surface area contributed by atoms with Crippen molar-refractivity contribution in [2.75, 3.05) is 27.2 Å². The van der Waals surface area contributed by atoms with Gasteiger partial charge in [-0.15, -0.1) is 0 Å². The van der Waals surface area contributed by atoms with E-state index in [-0.39, 0.29) is 7.43 Å². The minimum Gasteiger partial charge on any atom is -0.358 e. The molecule has 0 radical (unpaired) electrons. The van der Waals surface area contributed by atoms with Crippen LogP contribution in [0.3, 0.4) is 0 Å². The second-order valence-electron chi connectivity index (χ2n) is 3.38. The monoisotopic (exact) mass is 145 g/mol. The zero-order valence-electron chi connectivity index (χ0n) is 8.28. The molecule has 0 unspecified atom stereocenters. The maximum absolute atomic E-state index is 2.30. The molecule has 0 atom stereocenters. The van der Waals surface area contributed by atoms with E-state index in [1.54, 1.807) is 0 Å². The van der Waals surface area contributed by atoms with Crippen molar-refractivity contribution >= 4 is 0 Å². The highest BCUT2D eigenvalue weighted by Gasteiger charge is 2.09. The number of hydrogen-bond acceptors (Lipinski definition) is 0. The van der Waals surface area contributed by atoms with Crippen LogP contribution in [0.25, 0.3) is 0 Å². The van der Waals surface area contributed by atoms with Crippen molar-refractivity contribution in [3.63, 3.8) is 0 Å². The van der Waals surface area contributed by atoms with E-state index in [0.717, 1.165) is 0 Å². The quantitative estimate of drug-likeness (QED) is 0.421. The van der Waals surface area contributed by atoms with Gasteiger partial charge in [0.15, 0.2) is 0 Å². The highest BCUT2D eigenvalue weighted by molar-refractivity contribution is 4.30. The third-order valence-corrected chi connectivity index (χ3v) is 1.66. The van der Waals surface area contributed by atoms with Crippen LogP contribution in [-0.4, -0.2) is 31.7 Å². The van der Waals surface area contributed by atoms with Crippen LogP contribution in [0.15, 0.2) is 0 Å². The number of hydrogen-bond donors (Lipinski definition) is 0. The maximum Gasteiger partial charge on any atom is 0.0779 e. The Morgan fingerprint density at radius 1 is 0.900 bits per heavy atom. The van der Waals surface area contributed by atoms with Gasteiger partial charge in [0.25, 0.3) is 0 Å². The summed E-state index contributed by atoms with van der Waals surface area (Å²) in [6.45, 7) is 7.12. The smallest absolute Gasteiger partial charge is 0.0779 e. The van der Waals surface area contributed by atoms with Crippen LogP contribution in [0, 0.1) is 7.43 Å². The molecular formula is C9H23N. The van der Waals surface area contributed by atoms with Crippen molar-refractivity contribution in [3.05, 3.63) is 7.43 Å². The van der Waals surface area contributed by atoms with Crippen molar-refractivity contribution in [2.45, 2.75) is 26.7 Å². The summed E-state index contributed by atoms with van der Waals surface area (Å²) >= 11 is 0. The predicted molar refractivity (Wildman–Crippen MR) is 48.8 cm³/mol. The average Bonchev–Trinajstić information content (AvgIpc) is 1.64. The zero-order valence-corrected chi connectivity index (χ0v) is 8.28. The van der Waals surface area contributed by atoms with Gasteiger partial charge in [0.2, 0.25) is 0 Å². The number of quaternary nitrogens is 1. The van der Waals surface area contributed by atoms with Gasteiger partial charge in [-0.25, -0.2) is 0 Å². The third-order valence-electron chi connectivity index (χ3n) is 1.66. The first-order valence-electron chi connectivity index (χ1n) is 3.94. The van der Waals surface area contributed by atoms with E-state index >= 15 is 0 Å². The van der Waals surface area contributed by atoms with Gasteiger partial charge >= 0.3 is 0 Å². The predicted octanol–water partition coefficient (Wildman–Crippen LogP) is 2.33. The highest BCUT2D eigenvalue weighted by atomic mass is 15.3. The molecule has 1 heteroatoms. The van der Waals surface area contributed by atoms with Crippen LogP contribution >= 0.6 is 0 Å². The van der Waals surface area contributed by atoms with Gasteiger partial charge in [0.1, 0.15) is 0 Å². The van der Waals surface area contributed by atoms with Crippen LogP contribution in [-0.2, 0) is 0 Å². The van der Waals surface area contributed by atoms with Crippen molar-refractivity contribution in [2.24, 2.45) is 0 Å². The molecule has 0 aliphatic heterocycles. The van der Waals surface area contributed by atoms with Crippen LogP contribution in [0.2, 0.25) is 0 Å². The molecule has 0 aromatic rings. The molecule has 0 fully saturated rings. The summed E-state index contributed by atoms with van der Waals surface area (Å²) in [5.74, 6) is 0. The Balaban J connectivity index is 0. The third kappa shape index (κ3) is 6.09. The van der Waals surface area contributed by atoms with E-state index in [9.17, 15) is 0 Å². The summed E-state index contributed by atoms with van der Waals surface area (Å²) in [6, 6.07) is 0. The van der Waals surface area contributed by atoms with Gasteiger partial charge in [-0.1, -0.05) is 13.8 Å². The first kappa shape index (κ1) is 12.6. The normalized spacial score (nSPS) is 10.8. The zero-order chi connectivity index (χ0) is 7.33. The molecule has 0 saturated heterocycles. The maximum atomic E-state index is 2.30. The lowest BCUT2D eigenvalue weighted by Crippen LogP contribution is -2.40. The Labute approximate surface area is 66.6 Å². The van der Waals surface area contributed by atoms with E-state index in [4.69, 9.17) is 0 Å². The highest BCUT2D eigenvalue weighted by Crippen LogP contribution is 1.99. The molecule has 0 aliphatic carbocycles. The van der Waals surface area contributed by atoms with Crippen LogP contribution in [0.4, 0.5) is 0 Å². The first-order valence-corrected chi connectivity index (χ1v) is 3.94. The standard InChI is InChI=1S/C8H20N.CH3/c1-5-7-9(3,4)8-6-2;/h5-8H2,1-4H3;1H3/q+1;-1. The van der Waals surface area contributed by atoms with Gasteiger partial charge in [0, 0.05) is 0 Å². The summed E-state index contributed by atoms with van der Waals surface area (Å²) in [6.07, 6.45) is 2.60. The number of rotatable bonds is 4. The molecule has 64 valence electrons. The Morgan fingerprint density at radius 3 is 1.40 bits per heavy atom. The van der Waals surface area contributed by atoms with Gasteiger partial charge in [-0.3, -0.25) is 0 Å². The van der Waals surface area contributed by atoms with E-state index < -0.39 is 0 Å². The summed E-state index contributed by atoms with van der Waals surface area (Å²) in [5, 5.41) is 0. The van der Waals surface area contributed by atoms with Crippen LogP contribution < -0.4 is 0 Å². The summed E-state index contributed by atoms with van der Waals surface area (Å²) in [4.78, 5) is 0. The molecule has 0 heterocycles. The van der Waals surface area contributed by atoms with E-state index in [1.807, 2.05) is 0 Å². The van der Waals surface area contributed by atoms with Crippen molar-refractivity contribution in [3.8, 4) is 0 Å². The van der Waals surface area contributed by atoms with E-state index in [0.29, 0.717) is 0 Å². The lowest BCUT2D eigenvalue weighted by molar-refractivity contribution is -0.890. The lowest BCUT2D eigenvalue weighted by atomic mass is 10.3. The molecule has 10 heavy (non-hydrogen) atoms.